The predicted molar refractivity (Wildman–Crippen MR) is 129 cm³/mol. The second-order valence-electron chi connectivity index (χ2n) is 8.31. The number of rotatable bonds is 11. The number of anilines is 2. The molecule has 33 heavy (non-hydrogen) atoms. The lowest BCUT2D eigenvalue weighted by atomic mass is 10.2. The van der Waals surface area contributed by atoms with Crippen molar-refractivity contribution in [1.82, 2.24) is 14.5 Å². The first-order valence-electron chi connectivity index (χ1n) is 11.3. The van der Waals surface area contributed by atoms with Crippen LogP contribution in [0.5, 0.6) is 0 Å². The van der Waals surface area contributed by atoms with Gasteiger partial charge < -0.3 is 20.3 Å². The molecule has 11 heteroatoms. The molecular formula is C22H37N5O5S. The Bertz CT molecular complexity index is 912. The maximum atomic E-state index is 13.1. The molecule has 0 spiro atoms. The summed E-state index contributed by atoms with van der Waals surface area (Å²) in [5.74, 6) is -0.494. The zero-order valence-electron chi connectivity index (χ0n) is 20.3. The predicted octanol–water partition coefficient (Wildman–Crippen LogP) is 0.949. The summed E-state index contributed by atoms with van der Waals surface area (Å²) < 4.78 is 32.9. The van der Waals surface area contributed by atoms with Crippen LogP contribution in [-0.2, 0) is 24.3 Å². The van der Waals surface area contributed by atoms with Gasteiger partial charge in [-0.3, -0.25) is 14.5 Å². The highest BCUT2D eigenvalue weighted by atomic mass is 32.2. The maximum Gasteiger partial charge on any atom is 0.243 e. The standard InChI is InChI=1S/C22H37N5O5S/c1-6-26(7-2)20-9-8-18(33(30,31)27-10-12-32-13-11-27)14-19(20)24-22(29)16-25(5)15-21(28)23-17(3)4/h8-9,14,17H,6-7,10-13,15-16H2,1-5H3,(H,23,28)(H,24,29). The topological polar surface area (TPSA) is 111 Å². The second kappa shape index (κ2) is 12.3. The summed E-state index contributed by atoms with van der Waals surface area (Å²) >= 11 is 0. The largest absolute Gasteiger partial charge is 0.379 e. The molecule has 2 N–H and O–H groups in total. The molecule has 10 nitrogen and oxygen atoms in total. The summed E-state index contributed by atoms with van der Waals surface area (Å²) in [5, 5.41) is 5.65. The molecule has 0 bridgehead atoms. The van der Waals surface area contributed by atoms with Crippen LogP contribution in [0.4, 0.5) is 11.4 Å². The van der Waals surface area contributed by atoms with Crippen molar-refractivity contribution in [3.63, 3.8) is 0 Å². The quantitative estimate of drug-likeness (QED) is 0.482. The molecule has 0 aromatic heterocycles. The van der Waals surface area contributed by atoms with E-state index in [0.717, 1.165) is 5.69 Å². The van der Waals surface area contributed by atoms with Gasteiger partial charge in [0.1, 0.15) is 0 Å². The van der Waals surface area contributed by atoms with E-state index in [1.165, 1.54) is 10.4 Å². The van der Waals surface area contributed by atoms with Gasteiger partial charge in [-0.2, -0.15) is 4.31 Å². The van der Waals surface area contributed by atoms with E-state index in [1.807, 2.05) is 32.6 Å². The van der Waals surface area contributed by atoms with Crippen molar-refractivity contribution in [2.45, 2.75) is 38.6 Å². The van der Waals surface area contributed by atoms with Gasteiger partial charge in [-0.05, 0) is 52.9 Å². The first-order chi connectivity index (χ1) is 15.6. The smallest absolute Gasteiger partial charge is 0.243 e. The molecule has 0 unspecified atom stereocenters. The highest BCUT2D eigenvalue weighted by Crippen LogP contribution is 2.30. The lowest BCUT2D eigenvalue weighted by Crippen LogP contribution is -2.41. The van der Waals surface area contributed by atoms with Crippen molar-refractivity contribution in [3.05, 3.63) is 18.2 Å². The third-order valence-corrected chi connectivity index (χ3v) is 7.13. The molecular weight excluding hydrogens is 446 g/mol. The van der Waals surface area contributed by atoms with Crippen LogP contribution >= 0.6 is 0 Å². The number of nitrogens with zero attached hydrogens (tertiary/aromatic N) is 3. The van der Waals surface area contributed by atoms with E-state index in [1.54, 1.807) is 24.1 Å². The fraction of sp³-hybridized carbons (Fsp3) is 0.636. The second-order valence-corrected chi connectivity index (χ2v) is 10.2. The number of ether oxygens (including phenoxy) is 1. The number of morpholine rings is 1. The molecule has 1 aliphatic rings. The van der Waals surface area contributed by atoms with Crippen LogP contribution in [0.3, 0.4) is 0 Å². The molecule has 2 amide bonds. The third-order valence-electron chi connectivity index (χ3n) is 5.23. The van der Waals surface area contributed by atoms with Crippen molar-refractivity contribution in [2.75, 3.05) is 69.7 Å². The fourth-order valence-corrected chi connectivity index (χ4v) is 5.09. The van der Waals surface area contributed by atoms with Crippen molar-refractivity contribution < 1.29 is 22.7 Å². The van der Waals surface area contributed by atoms with E-state index in [0.29, 0.717) is 45.1 Å². The molecule has 1 aromatic rings. The van der Waals surface area contributed by atoms with Crippen LogP contribution in [0.2, 0.25) is 0 Å². The van der Waals surface area contributed by atoms with Crippen LogP contribution in [-0.4, -0.2) is 95.0 Å². The van der Waals surface area contributed by atoms with E-state index < -0.39 is 10.0 Å². The molecule has 1 aliphatic heterocycles. The molecule has 0 saturated carbocycles. The number of carbonyl (C=O) groups excluding carboxylic acids is 2. The highest BCUT2D eigenvalue weighted by molar-refractivity contribution is 7.89. The van der Waals surface area contributed by atoms with Gasteiger partial charge in [0.15, 0.2) is 0 Å². The number of benzene rings is 1. The lowest BCUT2D eigenvalue weighted by Gasteiger charge is -2.28. The van der Waals surface area contributed by atoms with Crippen molar-refractivity contribution in [3.8, 4) is 0 Å². The van der Waals surface area contributed by atoms with Gasteiger partial charge in [-0.25, -0.2) is 8.42 Å². The van der Waals surface area contributed by atoms with Crippen molar-refractivity contribution >= 4 is 33.2 Å². The van der Waals surface area contributed by atoms with Gasteiger partial charge in [-0.1, -0.05) is 0 Å². The van der Waals surface area contributed by atoms with Crippen LogP contribution in [0.25, 0.3) is 0 Å². The number of hydrogen-bond acceptors (Lipinski definition) is 7. The van der Waals surface area contributed by atoms with Crippen molar-refractivity contribution in [2.24, 2.45) is 0 Å². The van der Waals surface area contributed by atoms with Gasteiger partial charge in [0.05, 0.1) is 42.6 Å². The Hall–Kier alpha value is -2.21. The van der Waals surface area contributed by atoms with Gasteiger partial charge in [0, 0.05) is 32.2 Å². The summed E-state index contributed by atoms with van der Waals surface area (Å²) in [6.07, 6.45) is 0. The first kappa shape index (κ1) is 27.0. The number of nitrogens with one attached hydrogen (secondary N) is 2. The summed E-state index contributed by atoms with van der Waals surface area (Å²) in [7, 11) is -2.02. The van der Waals surface area contributed by atoms with Crippen LogP contribution in [0, 0.1) is 0 Å². The minimum atomic E-state index is -3.71. The third kappa shape index (κ3) is 7.66. The Morgan fingerprint density at radius 1 is 1.09 bits per heavy atom. The normalized spacial score (nSPS) is 15.0. The number of hydrogen-bond donors (Lipinski definition) is 2. The van der Waals surface area contributed by atoms with E-state index >= 15 is 0 Å². The Balaban J connectivity index is 2.24. The average Bonchev–Trinajstić information content (AvgIpc) is 2.75. The van der Waals surface area contributed by atoms with E-state index in [9.17, 15) is 18.0 Å². The van der Waals surface area contributed by atoms with Gasteiger partial charge in [0.25, 0.3) is 0 Å². The summed E-state index contributed by atoms with van der Waals surface area (Å²) in [5.41, 5.74) is 1.17. The van der Waals surface area contributed by atoms with Crippen LogP contribution < -0.4 is 15.5 Å². The number of carbonyl (C=O) groups is 2. The molecule has 1 heterocycles. The minimum Gasteiger partial charge on any atom is -0.379 e. The SMILES string of the molecule is CCN(CC)c1ccc(S(=O)(=O)N2CCOCC2)cc1NC(=O)CN(C)CC(=O)NC(C)C. The van der Waals surface area contributed by atoms with Gasteiger partial charge in [-0.15, -0.1) is 0 Å². The minimum absolute atomic E-state index is 0.0103. The number of sulfonamides is 1. The zero-order chi connectivity index (χ0) is 24.6. The molecule has 1 aromatic carbocycles. The highest BCUT2D eigenvalue weighted by Gasteiger charge is 2.27. The van der Waals surface area contributed by atoms with E-state index in [4.69, 9.17) is 4.74 Å². The van der Waals surface area contributed by atoms with Gasteiger partial charge in [0.2, 0.25) is 21.8 Å². The Labute approximate surface area is 197 Å². The maximum absolute atomic E-state index is 13.1. The molecule has 0 radical (unpaired) electrons. The fourth-order valence-electron chi connectivity index (χ4n) is 3.66. The molecule has 1 saturated heterocycles. The molecule has 1 fully saturated rings. The first-order valence-corrected chi connectivity index (χ1v) is 12.8. The van der Waals surface area contributed by atoms with Gasteiger partial charge >= 0.3 is 0 Å². The number of likely N-dealkylation sites (N-methyl/N-ethyl adjacent to an activating group) is 1. The Morgan fingerprint density at radius 3 is 2.27 bits per heavy atom. The Kier molecular flexibility index (Phi) is 10.1. The molecule has 0 aliphatic carbocycles. The summed E-state index contributed by atoms with van der Waals surface area (Å²) in [6, 6.07) is 4.85. The lowest BCUT2D eigenvalue weighted by molar-refractivity contribution is -0.123. The zero-order valence-corrected chi connectivity index (χ0v) is 21.1. The molecule has 186 valence electrons. The summed E-state index contributed by atoms with van der Waals surface area (Å²) in [4.78, 5) is 28.5. The van der Waals surface area contributed by atoms with E-state index in [-0.39, 0.29) is 35.8 Å². The average molecular weight is 484 g/mol. The molecule has 2 rings (SSSR count). The monoisotopic (exact) mass is 483 g/mol. The Morgan fingerprint density at radius 2 is 1.70 bits per heavy atom. The van der Waals surface area contributed by atoms with Crippen LogP contribution in [0.1, 0.15) is 27.7 Å². The summed E-state index contributed by atoms with van der Waals surface area (Å²) in [6.45, 7) is 10.5. The number of amides is 2. The molecule has 0 atom stereocenters. The van der Waals surface area contributed by atoms with Crippen molar-refractivity contribution in [1.29, 1.82) is 0 Å². The van der Waals surface area contributed by atoms with Crippen LogP contribution in [0.15, 0.2) is 23.1 Å². The van der Waals surface area contributed by atoms with E-state index in [2.05, 4.69) is 10.6 Å².